The zero-order valence-electron chi connectivity index (χ0n) is 13.3. The van der Waals surface area contributed by atoms with Gasteiger partial charge in [-0.1, -0.05) is 0 Å². The lowest BCUT2D eigenvalue weighted by molar-refractivity contribution is 0.00620. The van der Waals surface area contributed by atoms with Crippen LogP contribution in [0.1, 0.15) is 29.8 Å². The SMILES string of the molecule is CN(C)CCCOC1CCN(C(=O)c2cn(C)cn2)CC1. The zero-order valence-corrected chi connectivity index (χ0v) is 13.3. The number of amides is 1. The molecule has 0 spiro atoms. The van der Waals surface area contributed by atoms with Crippen LogP contribution in [0.2, 0.25) is 0 Å². The first-order valence-electron chi connectivity index (χ1n) is 7.60. The molecule has 2 heterocycles. The minimum Gasteiger partial charge on any atom is -0.378 e. The monoisotopic (exact) mass is 294 g/mol. The quantitative estimate of drug-likeness (QED) is 0.734. The van der Waals surface area contributed by atoms with Gasteiger partial charge >= 0.3 is 0 Å². The fraction of sp³-hybridized carbons (Fsp3) is 0.733. The number of piperidine rings is 1. The molecule has 118 valence electrons. The molecule has 0 radical (unpaired) electrons. The van der Waals surface area contributed by atoms with Gasteiger partial charge in [-0.2, -0.15) is 0 Å². The second kappa shape index (κ2) is 7.56. The maximum Gasteiger partial charge on any atom is 0.274 e. The van der Waals surface area contributed by atoms with Crippen molar-refractivity contribution in [3.63, 3.8) is 0 Å². The first-order valence-corrected chi connectivity index (χ1v) is 7.60. The molecule has 0 aliphatic carbocycles. The molecule has 0 unspecified atom stereocenters. The lowest BCUT2D eigenvalue weighted by Crippen LogP contribution is -2.41. The van der Waals surface area contributed by atoms with E-state index < -0.39 is 0 Å². The molecule has 1 saturated heterocycles. The second-order valence-corrected chi connectivity index (χ2v) is 5.94. The highest BCUT2D eigenvalue weighted by Gasteiger charge is 2.25. The van der Waals surface area contributed by atoms with Crippen molar-refractivity contribution in [2.75, 3.05) is 40.3 Å². The van der Waals surface area contributed by atoms with E-state index in [0.29, 0.717) is 11.8 Å². The van der Waals surface area contributed by atoms with Gasteiger partial charge in [0.2, 0.25) is 0 Å². The molecule has 0 N–H and O–H groups in total. The molecular formula is C15H26N4O2. The minimum atomic E-state index is 0.0293. The van der Waals surface area contributed by atoms with Gasteiger partial charge in [0.05, 0.1) is 12.4 Å². The summed E-state index contributed by atoms with van der Waals surface area (Å²) < 4.78 is 7.69. The third kappa shape index (κ3) is 4.82. The average Bonchev–Trinajstić information content (AvgIpc) is 2.90. The van der Waals surface area contributed by atoms with E-state index in [0.717, 1.165) is 45.5 Å². The molecule has 1 amide bonds. The summed E-state index contributed by atoms with van der Waals surface area (Å²) in [5.41, 5.74) is 0.530. The van der Waals surface area contributed by atoms with Crippen LogP contribution in [-0.2, 0) is 11.8 Å². The number of hydrogen-bond donors (Lipinski definition) is 0. The van der Waals surface area contributed by atoms with Crippen molar-refractivity contribution in [3.05, 3.63) is 18.2 Å². The van der Waals surface area contributed by atoms with E-state index in [1.165, 1.54) is 0 Å². The van der Waals surface area contributed by atoms with Crippen molar-refractivity contribution in [2.45, 2.75) is 25.4 Å². The maximum absolute atomic E-state index is 12.3. The van der Waals surface area contributed by atoms with Gasteiger partial charge in [0.15, 0.2) is 0 Å². The van der Waals surface area contributed by atoms with Crippen LogP contribution in [-0.4, -0.2) is 71.7 Å². The summed E-state index contributed by atoms with van der Waals surface area (Å²) in [7, 11) is 6.01. The van der Waals surface area contributed by atoms with Gasteiger partial charge in [0, 0.05) is 32.9 Å². The van der Waals surface area contributed by atoms with E-state index in [2.05, 4.69) is 24.0 Å². The number of aryl methyl sites for hydroxylation is 1. The minimum absolute atomic E-state index is 0.0293. The van der Waals surface area contributed by atoms with Crippen molar-refractivity contribution < 1.29 is 9.53 Å². The summed E-state index contributed by atoms with van der Waals surface area (Å²) >= 11 is 0. The third-order valence-corrected chi connectivity index (χ3v) is 3.76. The Balaban J connectivity index is 1.69. The Labute approximate surface area is 126 Å². The number of likely N-dealkylation sites (tertiary alicyclic amines) is 1. The second-order valence-electron chi connectivity index (χ2n) is 5.94. The Bertz CT molecular complexity index is 450. The van der Waals surface area contributed by atoms with Crippen LogP contribution in [0.15, 0.2) is 12.5 Å². The van der Waals surface area contributed by atoms with Crippen LogP contribution in [0, 0.1) is 0 Å². The Morgan fingerprint density at radius 1 is 1.43 bits per heavy atom. The Hall–Kier alpha value is -1.40. The van der Waals surface area contributed by atoms with E-state index in [1.54, 1.807) is 17.1 Å². The molecule has 0 aromatic carbocycles. The summed E-state index contributed by atoms with van der Waals surface area (Å²) in [6, 6.07) is 0. The summed E-state index contributed by atoms with van der Waals surface area (Å²) in [5.74, 6) is 0.0293. The molecule has 21 heavy (non-hydrogen) atoms. The topological polar surface area (TPSA) is 50.6 Å². The summed E-state index contributed by atoms with van der Waals surface area (Å²) in [6.45, 7) is 3.37. The number of carbonyl (C=O) groups is 1. The largest absolute Gasteiger partial charge is 0.378 e. The molecule has 1 aromatic rings. The van der Waals surface area contributed by atoms with Gasteiger partial charge in [-0.05, 0) is 39.9 Å². The van der Waals surface area contributed by atoms with Crippen LogP contribution >= 0.6 is 0 Å². The number of carbonyl (C=O) groups excluding carboxylic acids is 1. The Morgan fingerprint density at radius 3 is 2.71 bits per heavy atom. The van der Waals surface area contributed by atoms with Crippen molar-refractivity contribution in [2.24, 2.45) is 7.05 Å². The highest BCUT2D eigenvalue weighted by atomic mass is 16.5. The molecule has 6 heteroatoms. The number of rotatable bonds is 6. The molecule has 0 bridgehead atoms. The summed E-state index contributed by atoms with van der Waals surface area (Å²) in [4.78, 5) is 20.4. The van der Waals surface area contributed by atoms with Crippen LogP contribution in [0.4, 0.5) is 0 Å². The van der Waals surface area contributed by atoms with E-state index >= 15 is 0 Å². The predicted molar refractivity (Wildman–Crippen MR) is 81.3 cm³/mol. The highest BCUT2D eigenvalue weighted by Crippen LogP contribution is 2.16. The van der Waals surface area contributed by atoms with Crippen LogP contribution < -0.4 is 0 Å². The highest BCUT2D eigenvalue weighted by molar-refractivity contribution is 5.92. The molecular weight excluding hydrogens is 268 g/mol. The van der Waals surface area contributed by atoms with Gasteiger partial charge in [0.25, 0.3) is 5.91 Å². The average molecular weight is 294 g/mol. The Kier molecular flexibility index (Phi) is 5.76. The first kappa shape index (κ1) is 16.0. The smallest absolute Gasteiger partial charge is 0.274 e. The third-order valence-electron chi connectivity index (χ3n) is 3.76. The predicted octanol–water partition coefficient (Wildman–Crippen LogP) is 0.993. The van der Waals surface area contributed by atoms with Crippen molar-refractivity contribution in [1.82, 2.24) is 19.4 Å². The van der Waals surface area contributed by atoms with Crippen LogP contribution in [0.25, 0.3) is 0 Å². The molecule has 1 aliphatic heterocycles. The van der Waals surface area contributed by atoms with Gasteiger partial charge in [-0.25, -0.2) is 4.98 Å². The van der Waals surface area contributed by atoms with Crippen LogP contribution in [0.3, 0.4) is 0 Å². The van der Waals surface area contributed by atoms with Gasteiger partial charge in [-0.15, -0.1) is 0 Å². The van der Waals surface area contributed by atoms with Gasteiger partial charge in [-0.3, -0.25) is 4.79 Å². The number of nitrogens with zero attached hydrogens (tertiary/aromatic N) is 4. The molecule has 0 saturated carbocycles. The van der Waals surface area contributed by atoms with Crippen LogP contribution in [0.5, 0.6) is 0 Å². The van der Waals surface area contributed by atoms with Gasteiger partial charge in [0.1, 0.15) is 5.69 Å². The molecule has 1 aromatic heterocycles. The van der Waals surface area contributed by atoms with E-state index in [9.17, 15) is 4.79 Å². The summed E-state index contributed by atoms with van der Waals surface area (Å²) in [6.07, 6.45) is 6.61. The first-order chi connectivity index (χ1) is 10.1. The molecule has 6 nitrogen and oxygen atoms in total. The van der Waals surface area contributed by atoms with Crippen molar-refractivity contribution in [1.29, 1.82) is 0 Å². The molecule has 1 aliphatic rings. The van der Waals surface area contributed by atoms with E-state index in [4.69, 9.17) is 4.74 Å². The number of hydrogen-bond acceptors (Lipinski definition) is 4. The lowest BCUT2D eigenvalue weighted by atomic mass is 10.1. The van der Waals surface area contributed by atoms with E-state index in [1.807, 2.05) is 11.9 Å². The van der Waals surface area contributed by atoms with Crippen molar-refractivity contribution in [3.8, 4) is 0 Å². The van der Waals surface area contributed by atoms with Crippen molar-refractivity contribution >= 4 is 5.91 Å². The standard InChI is InChI=1S/C15H26N4O2/c1-17(2)7-4-10-21-13-5-8-19(9-6-13)15(20)14-11-18(3)12-16-14/h11-13H,4-10H2,1-3H3. The number of aromatic nitrogens is 2. The lowest BCUT2D eigenvalue weighted by Gasteiger charge is -2.31. The number of imidazole rings is 1. The fourth-order valence-corrected chi connectivity index (χ4v) is 2.54. The normalized spacial score (nSPS) is 16.7. The number of ether oxygens (including phenoxy) is 1. The summed E-state index contributed by atoms with van der Waals surface area (Å²) in [5, 5.41) is 0. The van der Waals surface area contributed by atoms with E-state index in [-0.39, 0.29) is 5.91 Å². The Morgan fingerprint density at radius 2 is 2.14 bits per heavy atom. The molecule has 1 fully saturated rings. The maximum atomic E-state index is 12.3. The fourth-order valence-electron chi connectivity index (χ4n) is 2.54. The van der Waals surface area contributed by atoms with Gasteiger partial charge < -0.3 is 19.1 Å². The molecule has 0 atom stereocenters. The molecule has 2 rings (SSSR count). The zero-order chi connectivity index (χ0) is 15.2.